The van der Waals surface area contributed by atoms with Crippen molar-refractivity contribution in [3.05, 3.63) is 58.9 Å². The van der Waals surface area contributed by atoms with Gasteiger partial charge in [0.05, 0.1) is 17.7 Å². The van der Waals surface area contributed by atoms with Crippen molar-refractivity contribution in [2.75, 3.05) is 25.1 Å². The number of aromatic amines is 1. The van der Waals surface area contributed by atoms with E-state index < -0.39 is 0 Å². The third kappa shape index (κ3) is 5.91. The van der Waals surface area contributed by atoms with Crippen LogP contribution >= 0.6 is 12.4 Å². The van der Waals surface area contributed by atoms with Crippen LogP contribution in [0.3, 0.4) is 0 Å². The van der Waals surface area contributed by atoms with E-state index in [1.807, 2.05) is 42.5 Å². The van der Waals surface area contributed by atoms with E-state index in [1.165, 1.54) is 0 Å². The first kappa shape index (κ1) is 22.9. The fourth-order valence-corrected chi connectivity index (χ4v) is 3.71. The van der Waals surface area contributed by atoms with Crippen molar-refractivity contribution in [2.24, 2.45) is 0 Å². The van der Waals surface area contributed by atoms with Crippen molar-refractivity contribution < 1.29 is 9.53 Å². The number of aromatic nitrogens is 2. The van der Waals surface area contributed by atoms with Crippen LogP contribution < -0.4 is 16.2 Å². The largest absolute Gasteiger partial charge is 0.380 e. The van der Waals surface area contributed by atoms with Crippen LogP contribution in [-0.2, 0) is 9.53 Å². The molecule has 1 atom stereocenters. The molecule has 0 spiro atoms. The van der Waals surface area contributed by atoms with Gasteiger partial charge >= 0.3 is 0 Å². The molecule has 1 saturated heterocycles. The minimum Gasteiger partial charge on any atom is -0.380 e. The summed E-state index contributed by atoms with van der Waals surface area (Å²) >= 11 is 0. The number of H-pyrrole nitrogens is 1. The zero-order valence-corrected chi connectivity index (χ0v) is 18.0. The van der Waals surface area contributed by atoms with Crippen LogP contribution in [0.15, 0.2) is 53.3 Å². The lowest BCUT2D eigenvalue weighted by molar-refractivity contribution is -0.116. The van der Waals surface area contributed by atoms with Crippen LogP contribution in [0.2, 0.25) is 0 Å². The molecular formula is C23H27ClN4O3. The summed E-state index contributed by atoms with van der Waals surface area (Å²) in [6.07, 6.45) is 3.33. The first-order chi connectivity index (χ1) is 14.7. The molecule has 1 aliphatic heterocycles. The van der Waals surface area contributed by atoms with Gasteiger partial charge in [-0.05, 0) is 44.0 Å². The molecule has 1 unspecified atom stereocenters. The van der Waals surface area contributed by atoms with Gasteiger partial charge in [-0.15, -0.1) is 12.4 Å². The predicted octanol–water partition coefficient (Wildman–Crippen LogP) is 3.50. The molecule has 0 bridgehead atoms. The lowest BCUT2D eigenvalue weighted by atomic mass is 10.0. The Bertz CT molecular complexity index is 1080. The van der Waals surface area contributed by atoms with Gasteiger partial charge in [-0.1, -0.05) is 30.3 Å². The van der Waals surface area contributed by atoms with E-state index in [9.17, 15) is 9.59 Å². The van der Waals surface area contributed by atoms with Crippen molar-refractivity contribution in [1.82, 2.24) is 15.5 Å². The Morgan fingerprint density at radius 3 is 2.77 bits per heavy atom. The Labute approximate surface area is 187 Å². The summed E-state index contributed by atoms with van der Waals surface area (Å²) in [6, 6.07) is 15.4. The van der Waals surface area contributed by atoms with Gasteiger partial charge in [0.1, 0.15) is 0 Å². The molecule has 2 heterocycles. The highest BCUT2D eigenvalue weighted by atomic mass is 35.5. The monoisotopic (exact) mass is 442 g/mol. The second-order valence-corrected chi connectivity index (χ2v) is 7.55. The number of carbonyl (C=O) groups excluding carboxylic acids is 1. The standard InChI is InChI=1S/C23H26N4O3.ClH/c28-21(10-3-4-12-24-18-11-13-30-15-18)25-17-7-5-6-16(14-17)22-19-8-1-2-9-20(19)23(29)27-26-22;/h1-2,5-9,14,18,24H,3-4,10-13,15H2,(H,25,28)(H,27,29);1H. The van der Waals surface area contributed by atoms with E-state index in [0.717, 1.165) is 55.7 Å². The number of nitrogens with one attached hydrogen (secondary N) is 3. The number of carbonyl (C=O) groups is 1. The van der Waals surface area contributed by atoms with Crippen molar-refractivity contribution in [1.29, 1.82) is 0 Å². The fraction of sp³-hybridized carbons (Fsp3) is 0.348. The van der Waals surface area contributed by atoms with E-state index in [1.54, 1.807) is 6.07 Å². The zero-order valence-electron chi connectivity index (χ0n) is 17.2. The highest BCUT2D eigenvalue weighted by Crippen LogP contribution is 2.26. The Morgan fingerprint density at radius 2 is 1.97 bits per heavy atom. The molecule has 164 valence electrons. The van der Waals surface area contributed by atoms with Crippen molar-refractivity contribution in [2.45, 2.75) is 31.7 Å². The topological polar surface area (TPSA) is 96.1 Å². The number of ether oxygens (including phenoxy) is 1. The van der Waals surface area contributed by atoms with Crippen LogP contribution in [0, 0.1) is 0 Å². The van der Waals surface area contributed by atoms with E-state index in [2.05, 4.69) is 20.8 Å². The van der Waals surface area contributed by atoms with E-state index >= 15 is 0 Å². The summed E-state index contributed by atoms with van der Waals surface area (Å²) in [4.78, 5) is 24.3. The molecule has 1 aliphatic rings. The van der Waals surface area contributed by atoms with Gasteiger partial charge in [-0.25, -0.2) is 5.10 Å². The Kier molecular flexibility index (Phi) is 8.17. The van der Waals surface area contributed by atoms with Gasteiger partial charge in [0.2, 0.25) is 5.91 Å². The second kappa shape index (κ2) is 11.0. The van der Waals surface area contributed by atoms with Gasteiger partial charge in [0, 0.05) is 35.7 Å². The molecule has 3 N–H and O–H groups in total. The number of hydrogen-bond acceptors (Lipinski definition) is 5. The smallest absolute Gasteiger partial charge is 0.272 e. The van der Waals surface area contributed by atoms with E-state index in [-0.39, 0.29) is 23.9 Å². The number of benzene rings is 2. The van der Waals surface area contributed by atoms with E-state index in [0.29, 0.717) is 23.5 Å². The first-order valence-corrected chi connectivity index (χ1v) is 10.4. The van der Waals surface area contributed by atoms with Gasteiger partial charge < -0.3 is 15.4 Å². The molecular weight excluding hydrogens is 416 g/mol. The van der Waals surface area contributed by atoms with Gasteiger partial charge in [0.15, 0.2) is 0 Å². The minimum absolute atomic E-state index is 0. The van der Waals surface area contributed by atoms with Crippen LogP contribution in [-0.4, -0.2) is 41.9 Å². The molecule has 0 radical (unpaired) electrons. The molecule has 31 heavy (non-hydrogen) atoms. The average Bonchev–Trinajstić information content (AvgIpc) is 3.28. The Morgan fingerprint density at radius 1 is 1.13 bits per heavy atom. The Balaban J connectivity index is 0.00000272. The average molecular weight is 443 g/mol. The summed E-state index contributed by atoms with van der Waals surface area (Å²) in [7, 11) is 0. The van der Waals surface area contributed by atoms with Crippen molar-refractivity contribution >= 4 is 34.8 Å². The fourth-order valence-electron chi connectivity index (χ4n) is 3.71. The molecule has 3 aromatic rings. The SMILES string of the molecule is Cl.O=C(CCCCNC1CCOC1)Nc1cccc(-c2n[nH]c(=O)c3ccccc23)c1. The molecule has 0 saturated carbocycles. The molecule has 8 heteroatoms. The number of nitrogens with zero attached hydrogens (tertiary/aromatic N) is 1. The summed E-state index contributed by atoms with van der Waals surface area (Å²) in [6.45, 7) is 2.53. The second-order valence-electron chi connectivity index (χ2n) is 7.55. The number of fused-ring (bicyclic) bond motifs is 1. The summed E-state index contributed by atoms with van der Waals surface area (Å²) < 4.78 is 5.34. The van der Waals surface area contributed by atoms with E-state index in [4.69, 9.17) is 4.74 Å². The quantitative estimate of drug-likeness (QED) is 0.464. The number of anilines is 1. The molecule has 1 aromatic heterocycles. The maximum absolute atomic E-state index is 12.3. The summed E-state index contributed by atoms with van der Waals surface area (Å²) in [5.74, 6) is -0.00404. The van der Waals surface area contributed by atoms with Crippen LogP contribution in [0.4, 0.5) is 5.69 Å². The van der Waals surface area contributed by atoms with Crippen LogP contribution in [0.5, 0.6) is 0 Å². The maximum Gasteiger partial charge on any atom is 0.272 e. The maximum atomic E-state index is 12.3. The van der Waals surface area contributed by atoms with Gasteiger partial charge in [-0.3, -0.25) is 9.59 Å². The molecule has 1 fully saturated rings. The molecule has 1 amide bonds. The predicted molar refractivity (Wildman–Crippen MR) is 125 cm³/mol. The number of rotatable bonds is 8. The summed E-state index contributed by atoms with van der Waals surface area (Å²) in [5.41, 5.74) is 2.02. The molecule has 2 aromatic carbocycles. The van der Waals surface area contributed by atoms with Crippen LogP contribution in [0.1, 0.15) is 25.7 Å². The number of halogens is 1. The molecule has 4 rings (SSSR count). The number of hydrogen-bond donors (Lipinski definition) is 3. The third-order valence-corrected chi connectivity index (χ3v) is 5.31. The first-order valence-electron chi connectivity index (χ1n) is 10.4. The molecule has 0 aliphatic carbocycles. The molecule has 7 nitrogen and oxygen atoms in total. The third-order valence-electron chi connectivity index (χ3n) is 5.31. The van der Waals surface area contributed by atoms with Gasteiger partial charge in [-0.2, -0.15) is 5.10 Å². The van der Waals surface area contributed by atoms with Crippen molar-refractivity contribution in [3.63, 3.8) is 0 Å². The lowest BCUT2D eigenvalue weighted by Crippen LogP contribution is -2.30. The lowest BCUT2D eigenvalue weighted by Gasteiger charge is -2.10. The minimum atomic E-state index is -0.214. The summed E-state index contributed by atoms with van der Waals surface area (Å²) in [5, 5.41) is 14.6. The Hall–Kier alpha value is -2.74. The highest BCUT2D eigenvalue weighted by Gasteiger charge is 2.14. The highest BCUT2D eigenvalue weighted by molar-refractivity contribution is 5.95. The number of amides is 1. The number of unbranched alkanes of at least 4 members (excludes halogenated alkanes) is 1. The van der Waals surface area contributed by atoms with Crippen molar-refractivity contribution in [3.8, 4) is 11.3 Å². The van der Waals surface area contributed by atoms with Crippen LogP contribution in [0.25, 0.3) is 22.0 Å². The van der Waals surface area contributed by atoms with Gasteiger partial charge in [0.25, 0.3) is 5.56 Å². The normalized spacial score (nSPS) is 15.5. The zero-order chi connectivity index (χ0) is 20.8.